The van der Waals surface area contributed by atoms with Crippen LogP contribution in [0.3, 0.4) is 0 Å². The zero-order valence-corrected chi connectivity index (χ0v) is 15.8. The molecule has 0 unspecified atom stereocenters. The summed E-state index contributed by atoms with van der Waals surface area (Å²) in [5, 5.41) is 0. The maximum absolute atomic E-state index is 12.8. The highest BCUT2D eigenvalue weighted by atomic mass is 16.5. The molecule has 1 saturated heterocycles. The quantitative estimate of drug-likeness (QED) is 0.758. The fourth-order valence-electron chi connectivity index (χ4n) is 3.95. The molecule has 1 amide bonds. The Balaban J connectivity index is 1.57. The first-order chi connectivity index (χ1) is 12.6. The number of carbonyl (C=O) groups is 2. The highest BCUT2D eigenvalue weighted by Gasteiger charge is 2.31. The van der Waals surface area contributed by atoms with E-state index < -0.39 is 6.10 Å². The van der Waals surface area contributed by atoms with Gasteiger partial charge in [-0.15, -0.1) is 0 Å². The molecule has 1 aliphatic carbocycles. The Morgan fingerprint density at radius 3 is 2.65 bits per heavy atom. The van der Waals surface area contributed by atoms with E-state index in [2.05, 4.69) is 6.07 Å². The van der Waals surface area contributed by atoms with Gasteiger partial charge in [-0.3, -0.25) is 9.59 Å². The minimum Gasteiger partial charge on any atom is -0.481 e. The number of piperidine rings is 1. The molecule has 142 valence electrons. The maximum atomic E-state index is 12.8. The average Bonchev–Trinajstić information content (AvgIpc) is 2.68. The second kappa shape index (κ2) is 8.56. The van der Waals surface area contributed by atoms with Gasteiger partial charge in [-0.1, -0.05) is 12.1 Å². The molecule has 2 aliphatic rings. The van der Waals surface area contributed by atoms with Crippen LogP contribution in [0, 0.1) is 5.92 Å². The lowest BCUT2D eigenvalue weighted by Crippen LogP contribution is -2.46. The van der Waals surface area contributed by atoms with E-state index in [0.717, 1.165) is 18.6 Å². The molecular weight excluding hydrogens is 330 g/mol. The number of rotatable bonds is 5. The molecule has 1 heterocycles. The highest BCUT2D eigenvalue weighted by molar-refractivity contribution is 5.81. The molecule has 1 fully saturated rings. The van der Waals surface area contributed by atoms with Crippen LogP contribution in [0.1, 0.15) is 50.7 Å². The van der Waals surface area contributed by atoms with Crippen LogP contribution in [-0.2, 0) is 27.2 Å². The molecule has 1 atom stereocenters. The monoisotopic (exact) mass is 359 g/mol. The number of ether oxygens (including phenoxy) is 2. The van der Waals surface area contributed by atoms with Gasteiger partial charge in [-0.2, -0.15) is 0 Å². The molecular formula is C21H29NO4. The van der Waals surface area contributed by atoms with E-state index in [1.807, 2.05) is 30.9 Å². The molecule has 5 nitrogen and oxygen atoms in total. The summed E-state index contributed by atoms with van der Waals surface area (Å²) < 4.78 is 11.1. The third kappa shape index (κ3) is 4.19. The predicted octanol–water partition coefficient (Wildman–Crippen LogP) is 3.13. The van der Waals surface area contributed by atoms with Crippen molar-refractivity contribution in [3.05, 3.63) is 29.3 Å². The van der Waals surface area contributed by atoms with E-state index in [4.69, 9.17) is 9.47 Å². The summed E-state index contributed by atoms with van der Waals surface area (Å²) in [6.07, 6.45) is 5.34. The fraction of sp³-hybridized carbons (Fsp3) is 0.619. The van der Waals surface area contributed by atoms with Crippen LogP contribution in [0.4, 0.5) is 0 Å². The average molecular weight is 359 g/mol. The number of nitrogens with zero attached hydrogens (tertiary/aromatic N) is 1. The summed E-state index contributed by atoms with van der Waals surface area (Å²) in [5.41, 5.74) is 2.61. The van der Waals surface area contributed by atoms with Crippen LogP contribution in [-0.4, -0.2) is 42.6 Å². The number of esters is 1. The lowest BCUT2D eigenvalue weighted by atomic mass is 9.91. The van der Waals surface area contributed by atoms with E-state index in [9.17, 15) is 9.59 Å². The third-order valence-corrected chi connectivity index (χ3v) is 5.43. The maximum Gasteiger partial charge on any atom is 0.309 e. The first-order valence-corrected chi connectivity index (χ1v) is 9.83. The fourth-order valence-corrected chi connectivity index (χ4v) is 3.95. The van der Waals surface area contributed by atoms with Crippen LogP contribution in [0.5, 0.6) is 5.75 Å². The zero-order valence-electron chi connectivity index (χ0n) is 15.8. The van der Waals surface area contributed by atoms with E-state index >= 15 is 0 Å². The summed E-state index contributed by atoms with van der Waals surface area (Å²) in [7, 11) is 0. The molecule has 0 aromatic heterocycles. The minimum atomic E-state index is -0.512. The number of likely N-dealkylation sites (tertiary alicyclic amines) is 1. The number of fused-ring (bicyclic) bond motifs is 1. The molecule has 1 aromatic rings. The van der Waals surface area contributed by atoms with Gasteiger partial charge in [0.1, 0.15) is 5.75 Å². The first-order valence-electron chi connectivity index (χ1n) is 9.83. The van der Waals surface area contributed by atoms with Crippen molar-refractivity contribution in [2.75, 3.05) is 19.7 Å². The number of benzene rings is 1. The van der Waals surface area contributed by atoms with Crippen molar-refractivity contribution < 1.29 is 19.1 Å². The Hall–Kier alpha value is -2.04. The molecule has 0 spiro atoms. The van der Waals surface area contributed by atoms with Gasteiger partial charge in [0, 0.05) is 13.1 Å². The van der Waals surface area contributed by atoms with E-state index in [-0.39, 0.29) is 17.8 Å². The van der Waals surface area contributed by atoms with Crippen LogP contribution in [0.2, 0.25) is 0 Å². The molecule has 0 radical (unpaired) electrons. The van der Waals surface area contributed by atoms with Crippen molar-refractivity contribution in [1.82, 2.24) is 4.90 Å². The summed E-state index contributed by atoms with van der Waals surface area (Å²) in [6.45, 7) is 5.22. The predicted molar refractivity (Wildman–Crippen MR) is 99.1 cm³/mol. The lowest BCUT2D eigenvalue weighted by molar-refractivity contribution is -0.152. The first kappa shape index (κ1) is 18.7. The van der Waals surface area contributed by atoms with Gasteiger partial charge in [0.2, 0.25) is 0 Å². The van der Waals surface area contributed by atoms with E-state index in [0.29, 0.717) is 32.5 Å². The SMILES string of the molecule is CCOC(=O)C1CCN(C(=O)[C@H](C)Oc2cccc3c2CCCC3)CC1. The zero-order chi connectivity index (χ0) is 18.5. The van der Waals surface area contributed by atoms with Gasteiger partial charge in [-0.05, 0) is 69.6 Å². The van der Waals surface area contributed by atoms with Gasteiger partial charge in [0.15, 0.2) is 6.10 Å². The Morgan fingerprint density at radius 2 is 1.92 bits per heavy atom. The van der Waals surface area contributed by atoms with E-state index in [1.165, 1.54) is 24.0 Å². The van der Waals surface area contributed by atoms with Crippen LogP contribution in [0.15, 0.2) is 18.2 Å². The van der Waals surface area contributed by atoms with Crippen molar-refractivity contribution in [3.63, 3.8) is 0 Å². The van der Waals surface area contributed by atoms with Crippen molar-refractivity contribution in [2.24, 2.45) is 5.92 Å². The second-order valence-electron chi connectivity index (χ2n) is 7.21. The van der Waals surface area contributed by atoms with Crippen molar-refractivity contribution in [1.29, 1.82) is 0 Å². The number of hydrogen-bond donors (Lipinski definition) is 0. The van der Waals surface area contributed by atoms with Gasteiger partial charge in [-0.25, -0.2) is 0 Å². The molecule has 0 N–H and O–H groups in total. The number of carbonyl (C=O) groups excluding carboxylic acids is 2. The summed E-state index contributed by atoms with van der Waals surface area (Å²) >= 11 is 0. The molecule has 26 heavy (non-hydrogen) atoms. The van der Waals surface area contributed by atoms with Gasteiger partial charge in [0.25, 0.3) is 5.91 Å². The van der Waals surface area contributed by atoms with Gasteiger partial charge >= 0.3 is 5.97 Å². The Labute approximate surface area is 155 Å². The normalized spacial score (nSPS) is 18.8. The molecule has 0 bridgehead atoms. The van der Waals surface area contributed by atoms with Crippen molar-refractivity contribution in [3.8, 4) is 5.75 Å². The Bertz CT molecular complexity index is 649. The number of aryl methyl sites for hydroxylation is 1. The number of hydrogen-bond acceptors (Lipinski definition) is 4. The van der Waals surface area contributed by atoms with Crippen LogP contribution >= 0.6 is 0 Å². The Kier molecular flexibility index (Phi) is 6.17. The standard InChI is InChI=1S/C21H29NO4/c1-3-25-21(24)17-11-13-22(14-12-17)20(23)15(2)26-19-10-6-8-16-7-4-5-9-18(16)19/h6,8,10,15,17H,3-5,7,9,11-14H2,1-2H3/t15-/m0/s1. The molecule has 0 saturated carbocycles. The van der Waals surface area contributed by atoms with Gasteiger partial charge < -0.3 is 14.4 Å². The lowest BCUT2D eigenvalue weighted by Gasteiger charge is -2.33. The van der Waals surface area contributed by atoms with Crippen LogP contribution in [0.25, 0.3) is 0 Å². The largest absolute Gasteiger partial charge is 0.481 e. The molecule has 1 aromatic carbocycles. The number of amides is 1. The molecule has 5 heteroatoms. The molecule has 1 aliphatic heterocycles. The smallest absolute Gasteiger partial charge is 0.309 e. The van der Waals surface area contributed by atoms with Crippen molar-refractivity contribution >= 4 is 11.9 Å². The van der Waals surface area contributed by atoms with E-state index in [1.54, 1.807) is 0 Å². The molecule has 3 rings (SSSR count). The van der Waals surface area contributed by atoms with Gasteiger partial charge in [0.05, 0.1) is 12.5 Å². The Morgan fingerprint density at radius 1 is 1.19 bits per heavy atom. The second-order valence-corrected chi connectivity index (χ2v) is 7.21. The third-order valence-electron chi connectivity index (χ3n) is 5.43. The summed E-state index contributed by atoms with van der Waals surface area (Å²) in [6, 6.07) is 6.15. The van der Waals surface area contributed by atoms with Crippen LogP contribution < -0.4 is 4.74 Å². The highest BCUT2D eigenvalue weighted by Crippen LogP contribution is 2.30. The summed E-state index contributed by atoms with van der Waals surface area (Å²) in [5.74, 6) is 0.626. The summed E-state index contributed by atoms with van der Waals surface area (Å²) in [4.78, 5) is 26.4. The topological polar surface area (TPSA) is 55.8 Å². The van der Waals surface area contributed by atoms with Crippen molar-refractivity contribution in [2.45, 2.75) is 58.5 Å². The minimum absolute atomic E-state index is 0.000668.